The Balaban J connectivity index is 1.52. The van der Waals surface area contributed by atoms with Gasteiger partial charge in [0.05, 0.1) is 0 Å². The molecule has 2 fully saturated rings. The summed E-state index contributed by atoms with van der Waals surface area (Å²) in [6.45, 7) is 10.4. The molecule has 0 saturated carbocycles. The SMILES string of the molecule is CCNCc1ccc(CN2CCN3CCCC3C2)cc1. The van der Waals surface area contributed by atoms with Gasteiger partial charge in [-0.3, -0.25) is 9.80 Å². The summed E-state index contributed by atoms with van der Waals surface area (Å²) in [5.74, 6) is 0. The molecular formula is C17H27N3. The Hall–Kier alpha value is -0.900. The zero-order valence-corrected chi connectivity index (χ0v) is 12.6. The van der Waals surface area contributed by atoms with Crippen LogP contribution in [0.5, 0.6) is 0 Å². The van der Waals surface area contributed by atoms with Crippen molar-refractivity contribution >= 4 is 0 Å². The van der Waals surface area contributed by atoms with Crippen molar-refractivity contribution in [2.45, 2.75) is 38.9 Å². The van der Waals surface area contributed by atoms with Gasteiger partial charge in [-0.1, -0.05) is 31.2 Å². The van der Waals surface area contributed by atoms with E-state index >= 15 is 0 Å². The summed E-state index contributed by atoms with van der Waals surface area (Å²) in [7, 11) is 0. The van der Waals surface area contributed by atoms with Crippen LogP contribution in [-0.4, -0.2) is 48.6 Å². The van der Waals surface area contributed by atoms with E-state index in [9.17, 15) is 0 Å². The predicted molar refractivity (Wildman–Crippen MR) is 83.7 cm³/mol. The first-order chi connectivity index (χ1) is 9.85. The van der Waals surface area contributed by atoms with Gasteiger partial charge in [0.2, 0.25) is 0 Å². The average Bonchev–Trinajstić information content (AvgIpc) is 2.94. The van der Waals surface area contributed by atoms with Crippen molar-refractivity contribution in [1.29, 1.82) is 0 Å². The van der Waals surface area contributed by atoms with Gasteiger partial charge in [0.25, 0.3) is 0 Å². The van der Waals surface area contributed by atoms with E-state index in [1.807, 2.05) is 0 Å². The van der Waals surface area contributed by atoms with Gasteiger partial charge in [0.15, 0.2) is 0 Å². The van der Waals surface area contributed by atoms with E-state index in [2.05, 4.69) is 46.3 Å². The zero-order valence-electron chi connectivity index (χ0n) is 12.6. The van der Waals surface area contributed by atoms with Gasteiger partial charge in [-0.05, 0) is 37.1 Å². The summed E-state index contributed by atoms with van der Waals surface area (Å²) in [6.07, 6.45) is 2.80. The topological polar surface area (TPSA) is 18.5 Å². The summed E-state index contributed by atoms with van der Waals surface area (Å²) >= 11 is 0. The maximum atomic E-state index is 3.37. The highest BCUT2D eigenvalue weighted by atomic mass is 15.3. The first kappa shape index (κ1) is 14.1. The molecular weight excluding hydrogens is 246 g/mol. The fraction of sp³-hybridized carbons (Fsp3) is 0.647. The molecule has 1 aromatic carbocycles. The van der Waals surface area contributed by atoms with E-state index in [0.29, 0.717) is 0 Å². The number of benzene rings is 1. The second-order valence-corrected chi connectivity index (χ2v) is 6.16. The lowest BCUT2D eigenvalue weighted by Gasteiger charge is -2.37. The largest absolute Gasteiger partial charge is 0.313 e. The normalized spacial score (nSPS) is 23.9. The highest BCUT2D eigenvalue weighted by molar-refractivity contribution is 5.22. The fourth-order valence-electron chi connectivity index (χ4n) is 3.49. The predicted octanol–water partition coefficient (Wildman–Crippen LogP) is 2.08. The van der Waals surface area contributed by atoms with Crippen LogP contribution in [0.3, 0.4) is 0 Å². The van der Waals surface area contributed by atoms with Crippen molar-refractivity contribution in [3.05, 3.63) is 35.4 Å². The van der Waals surface area contributed by atoms with Crippen LogP contribution >= 0.6 is 0 Å². The summed E-state index contributed by atoms with van der Waals surface area (Å²) in [5, 5.41) is 3.37. The highest BCUT2D eigenvalue weighted by Crippen LogP contribution is 2.22. The van der Waals surface area contributed by atoms with Crippen LogP contribution < -0.4 is 5.32 Å². The number of hydrogen-bond donors (Lipinski definition) is 1. The Morgan fingerprint density at radius 1 is 1.10 bits per heavy atom. The molecule has 20 heavy (non-hydrogen) atoms. The monoisotopic (exact) mass is 273 g/mol. The van der Waals surface area contributed by atoms with Crippen molar-refractivity contribution in [2.24, 2.45) is 0 Å². The quantitative estimate of drug-likeness (QED) is 0.886. The average molecular weight is 273 g/mol. The van der Waals surface area contributed by atoms with E-state index in [-0.39, 0.29) is 0 Å². The molecule has 0 aromatic heterocycles. The van der Waals surface area contributed by atoms with Crippen LogP contribution in [0.15, 0.2) is 24.3 Å². The van der Waals surface area contributed by atoms with E-state index in [1.54, 1.807) is 0 Å². The van der Waals surface area contributed by atoms with Crippen LogP contribution in [0.25, 0.3) is 0 Å². The molecule has 3 nitrogen and oxygen atoms in total. The van der Waals surface area contributed by atoms with Crippen molar-refractivity contribution in [3.63, 3.8) is 0 Å². The van der Waals surface area contributed by atoms with Gasteiger partial charge < -0.3 is 5.32 Å². The lowest BCUT2D eigenvalue weighted by atomic mass is 10.1. The van der Waals surface area contributed by atoms with E-state index < -0.39 is 0 Å². The molecule has 2 heterocycles. The molecule has 1 unspecified atom stereocenters. The van der Waals surface area contributed by atoms with Crippen LogP contribution in [0, 0.1) is 0 Å². The van der Waals surface area contributed by atoms with Gasteiger partial charge in [-0.15, -0.1) is 0 Å². The second-order valence-electron chi connectivity index (χ2n) is 6.16. The van der Waals surface area contributed by atoms with Gasteiger partial charge in [0.1, 0.15) is 0 Å². The van der Waals surface area contributed by atoms with Crippen LogP contribution in [0.4, 0.5) is 0 Å². The maximum absolute atomic E-state index is 3.37. The van der Waals surface area contributed by atoms with Crippen LogP contribution in [0.2, 0.25) is 0 Å². The Kier molecular flexibility index (Phi) is 4.71. The van der Waals surface area contributed by atoms with Gasteiger partial charge in [-0.2, -0.15) is 0 Å². The van der Waals surface area contributed by atoms with E-state index in [1.165, 1.54) is 50.1 Å². The summed E-state index contributed by atoms with van der Waals surface area (Å²) in [5.41, 5.74) is 2.84. The molecule has 0 radical (unpaired) electrons. The summed E-state index contributed by atoms with van der Waals surface area (Å²) in [4.78, 5) is 5.31. The van der Waals surface area contributed by atoms with Gasteiger partial charge >= 0.3 is 0 Å². The number of rotatable bonds is 5. The molecule has 1 atom stereocenters. The minimum Gasteiger partial charge on any atom is -0.313 e. The van der Waals surface area contributed by atoms with Crippen molar-refractivity contribution in [2.75, 3.05) is 32.7 Å². The third-order valence-corrected chi connectivity index (χ3v) is 4.68. The molecule has 0 aliphatic carbocycles. The van der Waals surface area contributed by atoms with Gasteiger partial charge in [-0.25, -0.2) is 0 Å². The Morgan fingerprint density at radius 2 is 1.90 bits per heavy atom. The first-order valence-corrected chi connectivity index (χ1v) is 8.10. The minimum atomic E-state index is 0.830. The van der Waals surface area contributed by atoms with Crippen LogP contribution in [0.1, 0.15) is 30.9 Å². The molecule has 1 aromatic rings. The summed E-state index contributed by atoms with van der Waals surface area (Å²) in [6, 6.07) is 9.96. The Labute approximate surface area is 123 Å². The third-order valence-electron chi connectivity index (χ3n) is 4.68. The second kappa shape index (κ2) is 6.70. The minimum absolute atomic E-state index is 0.830. The highest BCUT2D eigenvalue weighted by Gasteiger charge is 2.30. The number of nitrogens with one attached hydrogen (secondary N) is 1. The fourth-order valence-corrected chi connectivity index (χ4v) is 3.49. The van der Waals surface area contributed by atoms with Crippen LogP contribution in [-0.2, 0) is 13.1 Å². The molecule has 2 saturated heterocycles. The van der Waals surface area contributed by atoms with Crippen molar-refractivity contribution < 1.29 is 0 Å². The number of fused-ring (bicyclic) bond motifs is 1. The molecule has 1 N–H and O–H groups in total. The number of nitrogens with zero attached hydrogens (tertiary/aromatic N) is 2. The summed E-state index contributed by atoms with van der Waals surface area (Å²) < 4.78 is 0. The lowest BCUT2D eigenvalue weighted by Crippen LogP contribution is -2.49. The van der Waals surface area contributed by atoms with Crippen molar-refractivity contribution in [3.8, 4) is 0 Å². The van der Waals surface area contributed by atoms with Crippen molar-refractivity contribution in [1.82, 2.24) is 15.1 Å². The molecule has 0 bridgehead atoms. The number of piperazine rings is 1. The smallest absolute Gasteiger partial charge is 0.0234 e. The third kappa shape index (κ3) is 3.40. The standard InChI is InChI=1S/C17H27N3/c1-2-18-12-15-5-7-16(8-6-15)13-19-10-11-20-9-3-4-17(20)14-19/h5-8,17-18H,2-4,9-14H2,1H3. The maximum Gasteiger partial charge on any atom is 0.0234 e. The lowest BCUT2D eigenvalue weighted by molar-refractivity contribution is 0.0994. The molecule has 2 aliphatic rings. The Morgan fingerprint density at radius 3 is 2.70 bits per heavy atom. The molecule has 3 rings (SSSR count). The van der Waals surface area contributed by atoms with Gasteiger partial charge in [0, 0.05) is 38.8 Å². The zero-order chi connectivity index (χ0) is 13.8. The molecule has 2 aliphatic heterocycles. The Bertz CT molecular complexity index is 415. The molecule has 110 valence electrons. The molecule has 3 heteroatoms. The number of hydrogen-bond acceptors (Lipinski definition) is 3. The van der Waals surface area contributed by atoms with E-state index in [4.69, 9.17) is 0 Å². The van der Waals surface area contributed by atoms with E-state index in [0.717, 1.165) is 25.7 Å². The first-order valence-electron chi connectivity index (χ1n) is 8.10. The molecule has 0 spiro atoms. The molecule has 0 amide bonds.